The summed E-state index contributed by atoms with van der Waals surface area (Å²) in [6.07, 6.45) is 35.2. The first-order chi connectivity index (χ1) is 23.0. The zero-order chi connectivity index (χ0) is 34.0. The van der Waals surface area contributed by atoms with Crippen LogP contribution in [0.5, 0.6) is 0 Å². The first-order valence-electron chi connectivity index (χ1n) is 18.3. The van der Waals surface area contributed by atoms with Crippen LogP contribution in [-0.2, 0) is 4.74 Å². The fraction of sp³-hybridized carbons (Fsp3) is 0.684. The number of aliphatic hydroxyl groups is 4. The summed E-state index contributed by atoms with van der Waals surface area (Å²) >= 11 is 0. The third-order valence-electron chi connectivity index (χ3n) is 8.77. The van der Waals surface area contributed by atoms with Crippen molar-refractivity contribution in [1.29, 1.82) is 0 Å². The van der Waals surface area contributed by atoms with Crippen LogP contribution in [0.25, 0.3) is 0 Å². The van der Waals surface area contributed by atoms with Gasteiger partial charge in [-0.15, -0.1) is 0 Å². The van der Waals surface area contributed by atoms with Crippen molar-refractivity contribution in [3.63, 3.8) is 0 Å². The number of unbranched alkanes of at least 4 members (excludes halogenated alkanes) is 16. The smallest absolute Gasteiger partial charge is 0.203 e. The van der Waals surface area contributed by atoms with E-state index in [4.69, 9.17) is 4.74 Å². The van der Waals surface area contributed by atoms with Gasteiger partial charge >= 0.3 is 0 Å². The minimum Gasteiger partial charge on any atom is -0.369 e. The van der Waals surface area contributed by atoms with E-state index in [2.05, 4.69) is 35.1 Å². The Labute approximate surface area is 285 Å². The predicted molar refractivity (Wildman–Crippen MR) is 192 cm³/mol. The van der Waals surface area contributed by atoms with Crippen molar-refractivity contribution in [2.75, 3.05) is 26.4 Å². The van der Waals surface area contributed by atoms with E-state index < -0.39 is 25.0 Å². The Morgan fingerprint density at radius 3 is 1.21 bits per heavy atom. The van der Waals surface area contributed by atoms with Crippen LogP contribution in [0.15, 0.2) is 74.4 Å². The van der Waals surface area contributed by atoms with Crippen LogP contribution in [0.4, 0.5) is 0 Å². The van der Waals surface area contributed by atoms with Gasteiger partial charge in [0, 0.05) is 37.9 Å². The summed E-state index contributed by atoms with van der Waals surface area (Å²) in [6.45, 7) is 9.99. The molecule has 2 heterocycles. The van der Waals surface area contributed by atoms with Crippen LogP contribution in [0.1, 0.15) is 116 Å². The lowest BCUT2D eigenvalue weighted by molar-refractivity contribution is -0.296. The van der Waals surface area contributed by atoms with Gasteiger partial charge in [-0.3, -0.25) is 0 Å². The molecule has 47 heavy (non-hydrogen) atoms. The second-order valence-electron chi connectivity index (χ2n) is 12.8. The number of hydrogen-bond acceptors (Lipinski definition) is 9. The number of aliphatic hydroxyl groups excluding tert-OH is 4. The van der Waals surface area contributed by atoms with Crippen LogP contribution < -0.4 is 0 Å². The van der Waals surface area contributed by atoms with Gasteiger partial charge in [0.2, 0.25) is 12.6 Å². The predicted octanol–water partition coefficient (Wildman–Crippen LogP) is 6.88. The first kappa shape index (κ1) is 40.6. The summed E-state index contributed by atoms with van der Waals surface area (Å²) in [5.74, 6) is 0. The summed E-state index contributed by atoms with van der Waals surface area (Å²) in [6, 6.07) is 0. The molecule has 4 N–H and O–H groups in total. The maximum absolute atomic E-state index is 10.6. The van der Waals surface area contributed by atoms with Gasteiger partial charge in [-0.1, -0.05) is 127 Å². The Balaban J connectivity index is 1.49. The lowest BCUT2D eigenvalue weighted by Crippen LogP contribution is -2.49. The van der Waals surface area contributed by atoms with Gasteiger partial charge in [0.25, 0.3) is 0 Å². The van der Waals surface area contributed by atoms with E-state index in [1.54, 1.807) is 22.2 Å². The lowest BCUT2D eigenvalue weighted by Gasteiger charge is -2.33. The van der Waals surface area contributed by atoms with E-state index >= 15 is 0 Å². The molecule has 0 aromatic rings. The van der Waals surface area contributed by atoms with Crippen LogP contribution in [0, 0.1) is 0 Å². The molecule has 0 aromatic heterocycles. The Bertz CT molecular complexity index is 854. The molecule has 0 bridgehead atoms. The van der Waals surface area contributed by atoms with E-state index in [1.807, 2.05) is 36.7 Å². The molecular weight excluding hydrogens is 592 g/mol. The van der Waals surface area contributed by atoms with Crippen LogP contribution in [0.3, 0.4) is 0 Å². The third kappa shape index (κ3) is 18.5. The van der Waals surface area contributed by atoms with E-state index in [9.17, 15) is 20.4 Å². The van der Waals surface area contributed by atoms with Crippen molar-refractivity contribution in [2.24, 2.45) is 0 Å². The Morgan fingerprint density at radius 2 is 0.851 bits per heavy atom. The van der Waals surface area contributed by atoms with E-state index in [0.29, 0.717) is 13.3 Å². The molecular formula is C38H66N4O5. The summed E-state index contributed by atoms with van der Waals surface area (Å²) in [5.41, 5.74) is 0. The molecule has 0 aliphatic carbocycles. The van der Waals surface area contributed by atoms with E-state index in [0.717, 1.165) is 38.8 Å². The largest absolute Gasteiger partial charge is 0.369 e. The summed E-state index contributed by atoms with van der Waals surface area (Å²) < 4.78 is 5.23. The first-order valence-corrected chi connectivity index (χ1v) is 18.3. The van der Waals surface area contributed by atoms with Crippen molar-refractivity contribution in [1.82, 2.24) is 19.6 Å². The number of hydrogen-bond donors (Lipinski definition) is 4. The molecule has 4 unspecified atom stereocenters. The van der Waals surface area contributed by atoms with Gasteiger partial charge in [0.15, 0.2) is 12.5 Å². The standard InChI is InChI=1S/C38H66N4O5/c1-3-5-7-9-11-13-15-17-19-21-23-25-27-39-29-31-41(33-39)35(43)37(45)47-38(46)36(44)42-32-30-40(34-42)28-26-24-22-20-18-16-14-12-10-8-6-4-2/h3-8,29-32,35-38,43-46H,1-2,9-28,33-34H2. The molecule has 9 heteroatoms. The molecule has 0 saturated heterocycles. The van der Waals surface area contributed by atoms with Gasteiger partial charge in [0.1, 0.15) is 0 Å². The minimum absolute atomic E-state index is 0.429. The van der Waals surface area contributed by atoms with E-state index in [-0.39, 0.29) is 0 Å². The molecule has 0 radical (unpaired) electrons. The topological polar surface area (TPSA) is 103 Å². The molecule has 0 amide bonds. The monoisotopic (exact) mass is 659 g/mol. The van der Waals surface area contributed by atoms with E-state index in [1.165, 1.54) is 89.9 Å². The van der Waals surface area contributed by atoms with Crippen LogP contribution in [-0.4, -0.2) is 91.5 Å². The number of allylic oxidation sites excluding steroid dienone is 6. The maximum atomic E-state index is 10.6. The molecule has 0 spiro atoms. The minimum atomic E-state index is -1.68. The highest BCUT2D eigenvalue weighted by Crippen LogP contribution is 2.19. The van der Waals surface area contributed by atoms with Gasteiger partial charge in [0.05, 0.1) is 13.3 Å². The molecule has 268 valence electrons. The molecule has 0 aromatic carbocycles. The zero-order valence-electron chi connectivity index (χ0n) is 29.0. The summed E-state index contributed by atoms with van der Waals surface area (Å²) in [5, 5.41) is 42.1. The zero-order valence-corrected chi connectivity index (χ0v) is 29.0. The SMILES string of the molecule is C=CC=CCCCCCCCCCCN1C=CN(C(O)C(O)OC(O)C(O)N2C=CN(CCCCCCCCCCC=CC=C)C2)C1. The van der Waals surface area contributed by atoms with Crippen LogP contribution >= 0.6 is 0 Å². The summed E-state index contributed by atoms with van der Waals surface area (Å²) in [7, 11) is 0. The second kappa shape index (κ2) is 26.4. The molecule has 0 fully saturated rings. The van der Waals surface area contributed by atoms with Crippen molar-refractivity contribution < 1.29 is 25.2 Å². The molecule has 2 rings (SSSR count). The van der Waals surface area contributed by atoms with Crippen LogP contribution in [0.2, 0.25) is 0 Å². The van der Waals surface area contributed by atoms with Gasteiger partial charge < -0.3 is 44.8 Å². The average molecular weight is 659 g/mol. The van der Waals surface area contributed by atoms with Crippen molar-refractivity contribution in [3.8, 4) is 0 Å². The highest BCUT2D eigenvalue weighted by molar-refractivity contribution is 4.97. The Morgan fingerprint density at radius 1 is 0.511 bits per heavy atom. The van der Waals surface area contributed by atoms with Gasteiger partial charge in [-0.25, -0.2) is 0 Å². The fourth-order valence-corrected chi connectivity index (χ4v) is 5.87. The normalized spacial score (nSPS) is 17.4. The van der Waals surface area contributed by atoms with Crippen molar-refractivity contribution >= 4 is 0 Å². The fourth-order valence-electron chi connectivity index (χ4n) is 5.87. The molecule has 4 atom stereocenters. The highest BCUT2D eigenvalue weighted by Gasteiger charge is 2.32. The highest BCUT2D eigenvalue weighted by atomic mass is 16.7. The molecule has 2 aliphatic heterocycles. The van der Waals surface area contributed by atoms with Crippen molar-refractivity contribution in [3.05, 3.63) is 74.4 Å². The van der Waals surface area contributed by atoms with Gasteiger partial charge in [-0.2, -0.15) is 0 Å². The Kier molecular flexibility index (Phi) is 22.8. The quantitative estimate of drug-likeness (QED) is 0.0374. The van der Waals surface area contributed by atoms with Crippen molar-refractivity contribution in [2.45, 2.75) is 141 Å². The third-order valence-corrected chi connectivity index (χ3v) is 8.77. The number of nitrogens with zero attached hydrogens (tertiary/aromatic N) is 4. The number of ether oxygens (including phenoxy) is 1. The van der Waals surface area contributed by atoms with Gasteiger partial charge in [-0.05, 0) is 38.5 Å². The number of rotatable bonds is 30. The maximum Gasteiger partial charge on any atom is 0.203 e. The molecule has 9 nitrogen and oxygen atoms in total. The summed E-state index contributed by atoms with van der Waals surface area (Å²) in [4.78, 5) is 7.31. The lowest BCUT2D eigenvalue weighted by atomic mass is 10.1. The second-order valence-corrected chi connectivity index (χ2v) is 12.8. The molecule has 0 saturated carbocycles. The average Bonchev–Trinajstić information content (AvgIpc) is 3.75. The Hall–Kier alpha value is -2.56. The molecule has 2 aliphatic rings.